The molecule has 1 heterocycles. The molecular weight excluding hydrogens is 352 g/mol. The van der Waals surface area contributed by atoms with Gasteiger partial charge in [-0.2, -0.15) is 0 Å². The predicted octanol–water partition coefficient (Wildman–Crippen LogP) is 5.97. The van der Waals surface area contributed by atoms with Crippen molar-refractivity contribution in [2.24, 2.45) is 5.92 Å². The molecule has 2 unspecified atom stereocenters. The van der Waals surface area contributed by atoms with Crippen LogP contribution in [-0.2, 0) is 10.2 Å². The van der Waals surface area contributed by atoms with E-state index in [-0.39, 0.29) is 16.2 Å². The van der Waals surface area contributed by atoms with Crippen molar-refractivity contribution in [2.75, 3.05) is 7.11 Å². The number of methoxy groups -OCH3 is 1. The van der Waals surface area contributed by atoms with Crippen molar-refractivity contribution < 1.29 is 9.15 Å². The van der Waals surface area contributed by atoms with Gasteiger partial charge in [-0.1, -0.05) is 54.1 Å². The van der Waals surface area contributed by atoms with Crippen LogP contribution in [0.4, 0.5) is 0 Å². The second kappa shape index (κ2) is 6.56. The van der Waals surface area contributed by atoms with E-state index < -0.39 is 0 Å². The Bertz CT molecular complexity index is 704. The molecule has 0 N–H and O–H groups in total. The number of benzene rings is 1. The van der Waals surface area contributed by atoms with E-state index >= 15 is 0 Å². The monoisotopic (exact) mass is 374 g/mol. The quantitative estimate of drug-likeness (QED) is 0.601. The number of hydrogen-bond donors (Lipinski definition) is 0. The molecule has 2 aromatic rings. The number of halogens is 1. The largest absolute Gasteiger partial charge is 0.497 e. The highest BCUT2D eigenvalue weighted by Gasteiger charge is 2.43. The van der Waals surface area contributed by atoms with Gasteiger partial charge in [-0.05, 0) is 37.1 Å². The molecule has 3 rings (SSSR count). The van der Waals surface area contributed by atoms with Gasteiger partial charge in [0.1, 0.15) is 17.1 Å². The van der Waals surface area contributed by atoms with E-state index in [0.29, 0.717) is 0 Å². The molecular formula is C20H23BrO2. The molecule has 0 saturated heterocycles. The molecule has 0 spiro atoms. The van der Waals surface area contributed by atoms with Crippen molar-refractivity contribution in [3.8, 4) is 0 Å². The number of furan rings is 1. The Morgan fingerprint density at radius 3 is 2.61 bits per heavy atom. The number of para-hydroxylation sites is 1. The summed E-state index contributed by atoms with van der Waals surface area (Å²) < 4.78 is 11.7. The average Bonchev–Trinajstić information content (AvgIpc) is 3.02. The Hall–Kier alpha value is -1.48. The molecule has 0 radical (unpaired) electrons. The fourth-order valence-corrected chi connectivity index (χ4v) is 4.50. The second-order valence-electron chi connectivity index (χ2n) is 6.11. The summed E-state index contributed by atoms with van der Waals surface area (Å²) >= 11 is 3.84. The van der Waals surface area contributed by atoms with Gasteiger partial charge in [0.15, 0.2) is 0 Å². The van der Waals surface area contributed by atoms with E-state index in [1.165, 1.54) is 5.39 Å². The van der Waals surface area contributed by atoms with Crippen LogP contribution in [0.15, 0.2) is 58.7 Å². The minimum atomic E-state index is -0.0538. The van der Waals surface area contributed by atoms with Gasteiger partial charge in [0, 0.05) is 21.5 Å². The van der Waals surface area contributed by atoms with Crippen molar-refractivity contribution in [2.45, 2.75) is 36.9 Å². The first kappa shape index (κ1) is 16.4. The van der Waals surface area contributed by atoms with Crippen LogP contribution in [0, 0.1) is 5.92 Å². The zero-order valence-corrected chi connectivity index (χ0v) is 15.5. The Balaban J connectivity index is 2.12. The predicted molar refractivity (Wildman–Crippen MR) is 98.9 cm³/mol. The molecule has 2 atom stereocenters. The van der Waals surface area contributed by atoms with E-state index in [9.17, 15) is 0 Å². The number of fused-ring (bicyclic) bond motifs is 1. The zero-order valence-electron chi connectivity index (χ0n) is 13.9. The van der Waals surface area contributed by atoms with E-state index in [4.69, 9.17) is 9.15 Å². The van der Waals surface area contributed by atoms with Crippen LogP contribution in [0.3, 0.4) is 0 Å². The summed E-state index contributed by atoms with van der Waals surface area (Å²) in [6.45, 7) is 4.49. The SMILES string of the molecule is CCC(CC)(c1cc2ccccc2o1)C1C=C(OC)C=CC1Br. The summed E-state index contributed by atoms with van der Waals surface area (Å²) in [5.41, 5.74) is 0.907. The van der Waals surface area contributed by atoms with Crippen molar-refractivity contribution in [3.63, 3.8) is 0 Å². The van der Waals surface area contributed by atoms with Crippen LogP contribution >= 0.6 is 15.9 Å². The van der Waals surface area contributed by atoms with E-state index in [2.05, 4.69) is 60.1 Å². The van der Waals surface area contributed by atoms with Crippen LogP contribution in [-0.4, -0.2) is 11.9 Å². The summed E-state index contributed by atoms with van der Waals surface area (Å²) in [6.07, 6.45) is 8.46. The Kier molecular flexibility index (Phi) is 4.67. The first-order valence-corrected chi connectivity index (χ1v) is 9.13. The van der Waals surface area contributed by atoms with Crippen molar-refractivity contribution >= 4 is 26.9 Å². The minimum absolute atomic E-state index is 0.0538. The molecule has 1 aromatic carbocycles. The molecule has 23 heavy (non-hydrogen) atoms. The summed E-state index contributed by atoms with van der Waals surface area (Å²) in [7, 11) is 1.72. The van der Waals surface area contributed by atoms with Gasteiger partial charge in [-0.15, -0.1) is 0 Å². The summed E-state index contributed by atoms with van der Waals surface area (Å²) in [6, 6.07) is 10.4. The molecule has 0 saturated carbocycles. The number of rotatable bonds is 5. The first-order valence-electron chi connectivity index (χ1n) is 8.21. The molecule has 122 valence electrons. The topological polar surface area (TPSA) is 22.4 Å². The third-order valence-corrected chi connectivity index (χ3v) is 6.06. The highest BCUT2D eigenvalue weighted by atomic mass is 79.9. The summed E-state index contributed by atoms with van der Waals surface area (Å²) in [4.78, 5) is 0.273. The van der Waals surface area contributed by atoms with Crippen molar-refractivity contribution in [1.29, 1.82) is 0 Å². The Labute approximate surface area is 146 Å². The maximum atomic E-state index is 6.27. The molecule has 1 aliphatic carbocycles. The van der Waals surface area contributed by atoms with Crippen LogP contribution in [0.5, 0.6) is 0 Å². The van der Waals surface area contributed by atoms with Crippen molar-refractivity contribution in [3.05, 3.63) is 60.1 Å². The molecule has 2 nitrogen and oxygen atoms in total. The summed E-state index contributed by atoms with van der Waals surface area (Å²) in [5, 5.41) is 1.17. The molecule has 3 heteroatoms. The smallest absolute Gasteiger partial charge is 0.134 e. The fraction of sp³-hybridized carbons (Fsp3) is 0.400. The third kappa shape index (κ3) is 2.76. The van der Waals surface area contributed by atoms with E-state index in [0.717, 1.165) is 29.9 Å². The lowest BCUT2D eigenvalue weighted by molar-refractivity contribution is 0.235. The summed E-state index contributed by atoms with van der Waals surface area (Å²) in [5.74, 6) is 2.28. The van der Waals surface area contributed by atoms with E-state index in [1.807, 2.05) is 18.2 Å². The van der Waals surface area contributed by atoms with Crippen LogP contribution in [0.2, 0.25) is 0 Å². The maximum absolute atomic E-state index is 6.27. The normalized spacial score (nSPS) is 21.5. The number of hydrogen-bond acceptors (Lipinski definition) is 2. The standard InChI is InChI=1S/C20H23BrO2/c1-4-20(5-2,16-13-15(22-3)10-11-17(16)21)19-12-14-8-6-7-9-18(14)23-19/h6-13,16-17H,4-5H2,1-3H3. The lowest BCUT2D eigenvalue weighted by Gasteiger charge is -2.39. The van der Waals surface area contributed by atoms with Crippen LogP contribution < -0.4 is 0 Å². The van der Waals surface area contributed by atoms with Crippen LogP contribution in [0.1, 0.15) is 32.4 Å². The maximum Gasteiger partial charge on any atom is 0.134 e. The molecule has 1 aliphatic rings. The van der Waals surface area contributed by atoms with Gasteiger partial charge in [0.25, 0.3) is 0 Å². The highest BCUT2D eigenvalue weighted by molar-refractivity contribution is 9.09. The Morgan fingerprint density at radius 1 is 1.22 bits per heavy atom. The molecule has 1 aromatic heterocycles. The van der Waals surface area contributed by atoms with Crippen LogP contribution in [0.25, 0.3) is 11.0 Å². The number of allylic oxidation sites excluding steroid dienone is 3. The second-order valence-corrected chi connectivity index (χ2v) is 7.17. The zero-order chi connectivity index (χ0) is 16.4. The minimum Gasteiger partial charge on any atom is -0.497 e. The van der Waals surface area contributed by atoms with Crippen molar-refractivity contribution in [1.82, 2.24) is 0 Å². The van der Waals surface area contributed by atoms with Gasteiger partial charge >= 0.3 is 0 Å². The average molecular weight is 375 g/mol. The molecule has 0 aliphatic heterocycles. The molecule has 0 amide bonds. The van der Waals surface area contributed by atoms with Gasteiger partial charge in [-0.3, -0.25) is 0 Å². The number of ether oxygens (including phenoxy) is 1. The highest BCUT2D eigenvalue weighted by Crippen LogP contribution is 2.47. The lowest BCUT2D eigenvalue weighted by Crippen LogP contribution is -2.38. The number of alkyl halides is 1. The molecule has 0 fully saturated rings. The first-order chi connectivity index (χ1) is 11.1. The molecule has 0 bridgehead atoms. The lowest BCUT2D eigenvalue weighted by atomic mass is 9.67. The van der Waals surface area contributed by atoms with Gasteiger partial charge < -0.3 is 9.15 Å². The van der Waals surface area contributed by atoms with Gasteiger partial charge in [-0.25, -0.2) is 0 Å². The Morgan fingerprint density at radius 2 is 1.96 bits per heavy atom. The fourth-order valence-electron chi connectivity index (χ4n) is 3.69. The third-order valence-electron chi connectivity index (χ3n) is 5.18. The van der Waals surface area contributed by atoms with Gasteiger partial charge in [0.05, 0.1) is 7.11 Å². The van der Waals surface area contributed by atoms with E-state index in [1.54, 1.807) is 7.11 Å². The van der Waals surface area contributed by atoms with Gasteiger partial charge in [0.2, 0.25) is 0 Å².